The van der Waals surface area contributed by atoms with E-state index < -0.39 is 0 Å². The monoisotopic (exact) mass is 233 g/mol. The molecule has 0 radical (unpaired) electrons. The van der Waals surface area contributed by atoms with Gasteiger partial charge in [-0.15, -0.1) is 0 Å². The van der Waals surface area contributed by atoms with Crippen molar-refractivity contribution in [3.8, 4) is 0 Å². The molecule has 0 amide bonds. The smallest absolute Gasteiger partial charge is 0.139 e. The third-order valence-electron chi connectivity index (χ3n) is 2.56. The largest absolute Gasteiger partial charge is 0.383 e. The Morgan fingerprint density at radius 1 is 1.38 bits per heavy atom. The van der Waals surface area contributed by atoms with E-state index >= 15 is 0 Å². The van der Waals surface area contributed by atoms with Crippen molar-refractivity contribution in [1.82, 2.24) is 4.37 Å². The first-order chi connectivity index (χ1) is 7.66. The summed E-state index contributed by atoms with van der Waals surface area (Å²) in [4.78, 5) is 2.16. The fourth-order valence-corrected chi connectivity index (χ4v) is 2.21. The Balaban J connectivity index is 2.13. The minimum absolute atomic E-state index is 0.594. The first kappa shape index (κ1) is 11.0. The topological polar surface area (TPSA) is 42.1 Å². The van der Waals surface area contributed by atoms with E-state index in [2.05, 4.69) is 47.5 Å². The quantitative estimate of drug-likeness (QED) is 0.886. The molecule has 3 nitrogen and oxygen atoms in total. The molecular formula is C12H15N3S. The van der Waals surface area contributed by atoms with Gasteiger partial charge in [0.15, 0.2) is 0 Å². The van der Waals surface area contributed by atoms with Crippen LogP contribution in [0.2, 0.25) is 0 Å². The Hall–Kier alpha value is -1.55. The molecule has 4 heteroatoms. The zero-order valence-corrected chi connectivity index (χ0v) is 10.3. The molecular weight excluding hydrogens is 218 g/mol. The molecule has 0 aliphatic carbocycles. The highest BCUT2D eigenvalue weighted by atomic mass is 32.1. The Morgan fingerprint density at radius 2 is 2.12 bits per heavy atom. The van der Waals surface area contributed by atoms with Crippen LogP contribution in [0.3, 0.4) is 0 Å². The zero-order chi connectivity index (χ0) is 11.5. The first-order valence-corrected chi connectivity index (χ1v) is 5.92. The molecule has 0 saturated heterocycles. The molecule has 0 fully saturated rings. The summed E-state index contributed by atoms with van der Waals surface area (Å²) in [5.74, 6) is 0.594. The highest BCUT2D eigenvalue weighted by Gasteiger charge is 2.06. The fraction of sp³-hybridized carbons (Fsp3) is 0.250. The standard InChI is InChI=1S/C12H15N3S/c1-9-5-3-4-6-10(9)8-15(2)12-7-11(13)14-16-12/h3-7H,8H2,1-2H3,(H2,13,14). The number of aryl methyl sites for hydroxylation is 1. The van der Waals surface area contributed by atoms with E-state index in [0.29, 0.717) is 5.82 Å². The molecule has 2 rings (SSSR count). The molecule has 0 aliphatic heterocycles. The lowest BCUT2D eigenvalue weighted by Crippen LogP contribution is -2.15. The summed E-state index contributed by atoms with van der Waals surface area (Å²) in [6, 6.07) is 10.3. The van der Waals surface area contributed by atoms with E-state index in [0.717, 1.165) is 11.5 Å². The third kappa shape index (κ3) is 2.33. The van der Waals surface area contributed by atoms with Gasteiger partial charge in [0, 0.05) is 19.7 Å². The van der Waals surface area contributed by atoms with Crippen molar-refractivity contribution in [2.45, 2.75) is 13.5 Å². The van der Waals surface area contributed by atoms with E-state index in [-0.39, 0.29) is 0 Å². The molecule has 0 unspecified atom stereocenters. The van der Waals surface area contributed by atoms with Gasteiger partial charge in [-0.05, 0) is 29.6 Å². The minimum Gasteiger partial charge on any atom is -0.383 e. The van der Waals surface area contributed by atoms with Gasteiger partial charge in [-0.1, -0.05) is 24.3 Å². The highest BCUT2D eigenvalue weighted by molar-refractivity contribution is 7.10. The van der Waals surface area contributed by atoms with Crippen LogP contribution < -0.4 is 10.6 Å². The van der Waals surface area contributed by atoms with Crippen LogP contribution >= 0.6 is 11.5 Å². The first-order valence-electron chi connectivity index (χ1n) is 5.14. The van der Waals surface area contributed by atoms with Gasteiger partial charge in [0.25, 0.3) is 0 Å². The predicted octanol–water partition coefficient (Wildman–Crippen LogP) is 2.67. The summed E-state index contributed by atoms with van der Waals surface area (Å²) in [7, 11) is 2.05. The van der Waals surface area contributed by atoms with Gasteiger partial charge in [-0.2, -0.15) is 4.37 Å². The lowest BCUT2D eigenvalue weighted by molar-refractivity contribution is 0.925. The van der Waals surface area contributed by atoms with Crippen LogP contribution in [0.25, 0.3) is 0 Å². The summed E-state index contributed by atoms with van der Waals surface area (Å²) >= 11 is 1.43. The van der Waals surface area contributed by atoms with Crippen molar-refractivity contribution in [3.63, 3.8) is 0 Å². The van der Waals surface area contributed by atoms with E-state index in [1.54, 1.807) is 0 Å². The minimum atomic E-state index is 0.594. The second-order valence-corrected chi connectivity index (χ2v) is 4.66. The third-order valence-corrected chi connectivity index (χ3v) is 3.48. The lowest BCUT2D eigenvalue weighted by atomic mass is 10.1. The van der Waals surface area contributed by atoms with Crippen molar-refractivity contribution in [2.75, 3.05) is 17.7 Å². The van der Waals surface area contributed by atoms with E-state index in [1.807, 2.05) is 6.07 Å². The van der Waals surface area contributed by atoms with Crippen molar-refractivity contribution >= 4 is 22.4 Å². The number of nitrogens with two attached hydrogens (primary N) is 1. The fourth-order valence-electron chi connectivity index (χ4n) is 1.58. The highest BCUT2D eigenvalue weighted by Crippen LogP contribution is 2.23. The maximum Gasteiger partial charge on any atom is 0.139 e. The molecule has 1 heterocycles. The number of hydrogen-bond donors (Lipinski definition) is 1. The van der Waals surface area contributed by atoms with Crippen LogP contribution in [0.5, 0.6) is 0 Å². The second-order valence-electron chi connectivity index (χ2n) is 3.87. The van der Waals surface area contributed by atoms with Gasteiger partial charge < -0.3 is 10.6 Å². The van der Waals surface area contributed by atoms with Crippen molar-refractivity contribution in [2.24, 2.45) is 0 Å². The van der Waals surface area contributed by atoms with E-state index in [9.17, 15) is 0 Å². The molecule has 84 valence electrons. The Kier molecular flexibility index (Phi) is 3.10. The number of hydrogen-bond acceptors (Lipinski definition) is 4. The molecule has 0 saturated carbocycles. The van der Waals surface area contributed by atoms with Gasteiger partial charge in [-0.3, -0.25) is 0 Å². The Bertz CT molecular complexity index is 479. The summed E-state index contributed by atoms with van der Waals surface area (Å²) in [6.07, 6.45) is 0. The Labute approximate surface area is 99.7 Å². The van der Waals surface area contributed by atoms with Crippen molar-refractivity contribution in [3.05, 3.63) is 41.5 Å². The normalized spacial score (nSPS) is 10.4. The maximum absolute atomic E-state index is 5.61. The lowest BCUT2D eigenvalue weighted by Gasteiger charge is -2.17. The molecule has 1 aromatic carbocycles. The summed E-state index contributed by atoms with van der Waals surface area (Å²) in [5, 5.41) is 1.10. The summed E-state index contributed by atoms with van der Waals surface area (Å²) in [5.41, 5.74) is 8.25. The van der Waals surface area contributed by atoms with Gasteiger partial charge in [-0.25, -0.2) is 0 Å². The number of aromatic nitrogens is 1. The molecule has 1 aromatic heterocycles. The molecule has 0 atom stereocenters. The Morgan fingerprint density at radius 3 is 2.75 bits per heavy atom. The van der Waals surface area contributed by atoms with Crippen LogP contribution in [0.1, 0.15) is 11.1 Å². The van der Waals surface area contributed by atoms with Gasteiger partial charge in [0.1, 0.15) is 10.8 Å². The van der Waals surface area contributed by atoms with Crippen LogP contribution in [0.15, 0.2) is 30.3 Å². The van der Waals surface area contributed by atoms with E-state index in [4.69, 9.17) is 5.73 Å². The van der Waals surface area contributed by atoms with Crippen LogP contribution in [0.4, 0.5) is 10.8 Å². The van der Waals surface area contributed by atoms with Crippen molar-refractivity contribution < 1.29 is 0 Å². The van der Waals surface area contributed by atoms with E-state index in [1.165, 1.54) is 22.7 Å². The molecule has 0 aliphatic rings. The van der Waals surface area contributed by atoms with Crippen LogP contribution in [-0.2, 0) is 6.54 Å². The van der Waals surface area contributed by atoms with Crippen LogP contribution in [0, 0.1) is 6.92 Å². The SMILES string of the molecule is Cc1ccccc1CN(C)c1cc(N)ns1. The predicted molar refractivity (Wildman–Crippen MR) is 69.8 cm³/mol. The second kappa shape index (κ2) is 4.53. The zero-order valence-electron chi connectivity index (χ0n) is 9.47. The van der Waals surface area contributed by atoms with Gasteiger partial charge in [0.2, 0.25) is 0 Å². The average molecular weight is 233 g/mol. The molecule has 0 bridgehead atoms. The van der Waals surface area contributed by atoms with Crippen molar-refractivity contribution in [1.29, 1.82) is 0 Å². The molecule has 16 heavy (non-hydrogen) atoms. The number of benzene rings is 1. The summed E-state index contributed by atoms with van der Waals surface area (Å²) < 4.78 is 4.08. The molecule has 0 spiro atoms. The maximum atomic E-state index is 5.61. The molecule has 2 aromatic rings. The summed E-state index contributed by atoms with van der Waals surface area (Å²) in [6.45, 7) is 3.01. The van der Waals surface area contributed by atoms with Crippen LogP contribution in [-0.4, -0.2) is 11.4 Å². The number of anilines is 2. The average Bonchev–Trinajstić information content (AvgIpc) is 2.68. The number of nitrogen functional groups attached to an aromatic ring is 1. The van der Waals surface area contributed by atoms with Gasteiger partial charge in [0.05, 0.1) is 0 Å². The number of rotatable bonds is 3. The molecule has 2 N–H and O–H groups in total. The number of nitrogens with zero attached hydrogens (tertiary/aromatic N) is 2. The van der Waals surface area contributed by atoms with Gasteiger partial charge >= 0.3 is 0 Å².